The normalized spacial score (nSPS) is 10.5. The van der Waals surface area contributed by atoms with Crippen LogP contribution in [0.2, 0.25) is 0 Å². The van der Waals surface area contributed by atoms with Crippen LogP contribution in [0.1, 0.15) is 5.56 Å². The molecule has 4 aromatic carbocycles. The third-order valence-electron chi connectivity index (χ3n) is 5.41. The molecule has 0 aliphatic heterocycles. The Balaban J connectivity index is 0.00000128. The quantitative estimate of drug-likeness (QED) is 0.139. The number of aryl methyl sites for hydroxylation is 2. The molecule has 0 N–H and O–H groups in total. The molecule has 0 spiro atoms. The van der Waals surface area contributed by atoms with E-state index in [1.807, 2.05) is 6.07 Å². The standard InChI is InChI=1S/C27H20N.B.Y/c1-19-10-11-22(18-26(19)27-9-5-6-16-28(27)2)21-14-15-25-23(17-21)13-12-20-7-3-4-8-24(20)25;;/h3-16H,1-2H3;;/q-1;;. The van der Waals surface area contributed by atoms with Gasteiger partial charge in [0.15, 0.2) is 6.20 Å². The van der Waals surface area contributed by atoms with Gasteiger partial charge in [-0.25, -0.2) is 4.57 Å². The zero-order chi connectivity index (χ0) is 19.1. The number of rotatable bonds is 2. The average molecular weight is 458 g/mol. The minimum Gasteiger partial charge on any atom is -0.234 e. The molecule has 0 bridgehead atoms. The number of fused-ring (bicyclic) bond motifs is 3. The van der Waals surface area contributed by atoms with Crippen molar-refractivity contribution < 1.29 is 37.3 Å². The van der Waals surface area contributed by atoms with Gasteiger partial charge in [0, 0.05) is 47.2 Å². The minimum absolute atomic E-state index is 0. The van der Waals surface area contributed by atoms with Crippen LogP contribution in [0.4, 0.5) is 0 Å². The Morgan fingerprint density at radius 2 is 1.43 bits per heavy atom. The van der Waals surface area contributed by atoms with E-state index >= 15 is 0 Å². The zero-order valence-corrected chi connectivity index (χ0v) is 20.0. The second kappa shape index (κ2) is 9.25. The third kappa shape index (κ3) is 3.99. The molecular weight excluding hydrogens is 438 g/mol. The monoisotopic (exact) mass is 458 g/mol. The number of benzene rings is 4. The van der Waals surface area contributed by atoms with Crippen molar-refractivity contribution in [3.05, 3.63) is 103 Å². The molecule has 30 heavy (non-hydrogen) atoms. The molecule has 0 aliphatic rings. The molecule has 5 aromatic rings. The summed E-state index contributed by atoms with van der Waals surface area (Å²) in [6.45, 7) is 2.14. The maximum atomic E-state index is 3.64. The van der Waals surface area contributed by atoms with Crippen molar-refractivity contribution in [2.75, 3.05) is 0 Å². The molecular formula is C27H20BNY-. The van der Waals surface area contributed by atoms with Crippen molar-refractivity contribution in [3.8, 4) is 22.4 Å². The first kappa shape index (κ1) is 22.4. The van der Waals surface area contributed by atoms with Crippen LogP contribution in [0.3, 0.4) is 0 Å². The first-order valence-electron chi connectivity index (χ1n) is 9.53. The number of hydrogen-bond donors (Lipinski definition) is 0. The summed E-state index contributed by atoms with van der Waals surface area (Å²) in [5.41, 5.74) is 5.65. The molecule has 1 aromatic heterocycles. The molecule has 4 radical (unpaired) electrons. The van der Waals surface area contributed by atoms with E-state index in [4.69, 9.17) is 0 Å². The van der Waals surface area contributed by atoms with Crippen LogP contribution in [0.15, 0.2) is 85.1 Å². The second-order valence-corrected chi connectivity index (χ2v) is 7.25. The molecule has 0 amide bonds. The Bertz CT molecular complexity index is 1340. The Labute approximate surface area is 205 Å². The summed E-state index contributed by atoms with van der Waals surface area (Å²) in [7, 11) is 2.07. The van der Waals surface area contributed by atoms with Crippen molar-refractivity contribution in [3.63, 3.8) is 0 Å². The van der Waals surface area contributed by atoms with Crippen LogP contribution in [0.5, 0.6) is 0 Å². The van der Waals surface area contributed by atoms with Gasteiger partial charge < -0.3 is 0 Å². The van der Waals surface area contributed by atoms with Crippen LogP contribution in [0, 0.1) is 19.1 Å². The van der Waals surface area contributed by atoms with Gasteiger partial charge in [0.1, 0.15) is 12.7 Å². The molecule has 0 saturated heterocycles. The van der Waals surface area contributed by atoms with Crippen molar-refractivity contribution >= 4 is 30.0 Å². The van der Waals surface area contributed by atoms with Crippen LogP contribution >= 0.6 is 0 Å². The van der Waals surface area contributed by atoms with Crippen molar-refractivity contribution in [2.45, 2.75) is 6.92 Å². The summed E-state index contributed by atoms with van der Waals surface area (Å²) in [6.07, 6.45) is 2.07. The van der Waals surface area contributed by atoms with Gasteiger partial charge in [-0.3, -0.25) is 0 Å². The fourth-order valence-electron chi connectivity index (χ4n) is 3.87. The molecule has 0 fully saturated rings. The van der Waals surface area contributed by atoms with Gasteiger partial charge in [-0.05, 0) is 16.8 Å². The summed E-state index contributed by atoms with van der Waals surface area (Å²) in [6, 6.07) is 35.0. The second-order valence-electron chi connectivity index (χ2n) is 7.25. The molecule has 0 unspecified atom stereocenters. The summed E-state index contributed by atoms with van der Waals surface area (Å²) in [5.74, 6) is 0. The Morgan fingerprint density at radius 3 is 2.27 bits per heavy atom. The van der Waals surface area contributed by atoms with E-state index < -0.39 is 0 Å². The Morgan fingerprint density at radius 1 is 0.700 bits per heavy atom. The molecule has 1 nitrogen and oxygen atoms in total. The van der Waals surface area contributed by atoms with Crippen LogP contribution < -0.4 is 4.57 Å². The molecule has 0 atom stereocenters. The summed E-state index contributed by atoms with van der Waals surface area (Å²) in [5, 5.41) is 4.91. The topological polar surface area (TPSA) is 3.88 Å². The van der Waals surface area contributed by atoms with E-state index in [9.17, 15) is 0 Å². The first-order chi connectivity index (χ1) is 13.7. The van der Waals surface area contributed by atoms with E-state index in [1.54, 1.807) is 0 Å². The van der Waals surface area contributed by atoms with Crippen molar-refractivity contribution in [1.29, 1.82) is 0 Å². The van der Waals surface area contributed by atoms with Gasteiger partial charge in [-0.1, -0.05) is 54.3 Å². The van der Waals surface area contributed by atoms with Gasteiger partial charge in [-0.15, -0.1) is 29.1 Å². The fraction of sp³-hybridized carbons (Fsp3) is 0.0741. The summed E-state index contributed by atoms with van der Waals surface area (Å²) >= 11 is 0. The van der Waals surface area contributed by atoms with E-state index in [0.717, 1.165) is 27.8 Å². The minimum atomic E-state index is 0. The molecule has 0 aliphatic carbocycles. The summed E-state index contributed by atoms with van der Waals surface area (Å²) < 4.78 is 2.14. The van der Waals surface area contributed by atoms with E-state index in [2.05, 4.69) is 110 Å². The predicted octanol–water partition coefficient (Wildman–Crippen LogP) is 5.68. The molecule has 0 saturated carbocycles. The van der Waals surface area contributed by atoms with Crippen LogP contribution in [-0.4, -0.2) is 8.41 Å². The molecule has 3 heteroatoms. The molecule has 5 rings (SSSR count). The average Bonchev–Trinajstić information content (AvgIpc) is 2.74. The van der Waals surface area contributed by atoms with Crippen molar-refractivity contribution in [2.24, 2.45) is 7.05 Å². The van der Waals surface area contributed by atoms with Gasteiger partial charge in [-0.2, -0.15) is 35.4 Å². The molecule has 1 heterocycles. The molecule has 140 valence electrons. The van der Waals surface area contributed by atoms with Gasteiger partial charge in [0.05, 0.1) is 0 Å². The third-order valence-corrected chi connectivity index (χ3v) is 5.41. The predicted molar refractivity (Wildman–Crippen MR) is 122 cm³/mol. The Kier molecular flexibility index (Phi) is 6.91. The van der Waals surface area contributed by atoms with Crippen LogP contribution in [0.25, 0.3) is 43.9 Å². The van der Waals surface area contributed by atoms with E-state index in [0.29, 0.717) is 0 Å². The number of nitrogens with zero attached hydrogens (tertiary/aromatic N) is 1. The number of pyridine rings is 1. The van der Waals surface area contributed by atoms with E-state index in [1.165, 1.54) is 21.7 Å². The number of aromatic nitrogens is 1. The van der Waals surface area contributed by atoms with Gasteiger partial charge in [0.2, 0.25) is 0 Å². The fourth-order valence-corrected chi connectivity index (χ4v) is 3.87. The van der Waals surface area contributed by atoms with Crippen LogP contribution in [-0.2, 0) is 39.8 Å². The van der Waals surface area contributed by atoms with Gasteiger partial charge >= 0.3 is 0 Å². The van der Waals surface area contributed by atoms with Gasteiger partial charge in [0.25, 0.3) is 0 Å². The smallest absolute Gasteiger partial charge is 0.161 e. The largest absolute Gasteiger partial charge is 0.234 e. The maximum Gasteiger partial charge on any atom is 0.161 e. The van der Waals surface area contributed by atoms with E-state index in [-0.39, 0.29) is 41.1 Å². The summed E-state index contributed by atoms with van der Waals surface area (Å²) in [4.78, 5) is 0. The first-order valence-corrected chi connectivity index (χ1v) is 9.53. The van der Waals surface area contributed by atoms with Crippen molar-refractivity contribution in [1.82, 2.24) is 0 Å². The SMILES string of the molecule is Cc1ccc(-c2[c-]c3ccc4ccccc4c3cc2)[c-]c1-c1cccc[n+]1C.[B].[Y]. The maximum absolute atomic E-state index is 3.64. The number of hydrogen-bond acceptors (Lipinski definition) is 0. The Hall–Kier alpha value is -2.28. The zero-order valence-electron chi connectivity index (χ0n) is 17.2.